The second-order valence-corrected chi connectivity index (χ2v) is 8.44. The highest BCUT2D eigenvalue weighted by molar-refractivity contribution is 7.99. The van der Waals surface area contributed by atoms with Crippen molar-refractivity contribution in [3.05, 3.63) is 77.1 Å². The van der Waals surface area contributed by atoms with Gasteiger partial charge in [0, 0.05) is 29.1 Å². The fraction of sp³-hybridized carbons (Fsp3) is 0.240. The molecule has 0 aliphatic heterocycles. The van der Waals surface area contributed by atoms with Gasteiger partial charge in [-0.05, 0) is 43.7 Å². The number of hydrogen-bond acceptors (Lipinski definition) is 7. The van der Waals surface area contributed by atoms with Crippen LogP contribution >= 0.6 is 11.8 Å². The Kier molecular flexibility index (Phi) is 6.84. The molecule has 0 saturated carbocycles. The number of aromatic nitrogens is 3. The van der Waals surface area contributed by atoms with E-state index in [9.17, 15) is 4.79 Å². The van der Waals surface area contributed by atoms with Crippen LogP contribution < -0.4 is 9.47 Å². The first-order valence-corrected chi connectivity index (χ1v) is 11.4. The Morgan fingerprint density at radius 2 is 1.76 bits per heavy atom. The molecular formula is C25H25N3O4S. The number of hydrogen-bond donors (Lipinski definition) is 0. The van der Waals surface area contributed by atoms with Gasteiger partial charge in [-0.2, -0.15) is 0 Å². The Bertz CT molecular complexity index is 1260. The van der Waals surface area contributed by atoms with Crippen molar-refractivity contribution in [2.24, 2.45) is 0 Å². The molecular weight excluding hydrogens is 438 g/mol. The number of ketones is 1. The van der Waals surface area contributed by atoms with Gasteiger partial charge in [0.25, 0.3) is 5.22 Å². The number of methoxy groups -OCH3 is 2. The van der Waals surface area contributed by atoms with E-state index in [1.807, 2.05) is 44.2 Å². The molecule has 0 N–H and O–H groups in total. The number of nitrogens with zero attached hydrogens (tertiary/aromatic N) is 3. The molecule has 0 atom stereocenters. The lowest BCUT2D eigenvalue weighted by Gasteiger charge is -2.09. The first-order chi connectivity index (χ1) is 16.0. The zero-order valence-corrected chi connectivity index (χ0v) is 19.8. The Balaban J connectivity index is 1.44. The molecule has 8 heteroatoms. The van der Waals surface area contributed by atoms with Crippen LogP contribution in [0.25, 0.3) is 11.5 Å². The number of Topliss-reactive ketones (excluding diaryl/α,β-unsaturated/α-hetero) is 1. The van der Waals surface area contributed by atoms with E-state index < -0.39 is 0 Å². The lowest BCUT2D eigenvalue weighted by molar-refractivity contribution is 0.102. The summed E-state index contributed by atoms with van der Waals surface area (Å²) in [6.07, 6.45) is 0. The van der Waals surface area contributed by atoms with Crippen molar-refractivity contribution in [2.45, 2.75) is 25.6 Å². The molecule has 0 aliphatic rings. The van der Waals surface area contributed by atoms with Gasteiger partial charge >= 0.3 is 0 Å². The van der Waals surface area contributed by atoms with E-state index in [2.05, 4.69) is 26.9 Å². The number of thioether (sulfide) groups is 1. The van der Waals surface area contributed by atoms with Crippen LogP contribution in [0.15, 0.2) is 64.2 Å². The van der Waals surface area contributed by atoms with E-state index in [1.165, 1.54) is 17.3 Å². The van der Waals surface area contributed by atoms with Gasteiger partial charge in [0.05, 0.1) is 20.0 Å². The molecule has 4 aromatic rings. The van der Waals surface area contributed by atoms with E-state index in [0.29, 0.717) is 28.2 Å². The highest BCUT2D eigenvalue weighted by Crippen LogP contribution is 2.32. The van der Waals surface area contributed by atoms with Crippen molar-refractivity contribution in [1.29, 1.82) is 0 Å². The zero-order chi connectivity index (χ0) is 23.4. The van der Waals surface area contributed by atoms with E-state index in [4.69, 9.17) is 13.9 Å². The maximum absolute atomic E-state index is 12.9. The summed E-state index contributed by atoms with van der Waals surface area (Å²) in [6.45, 7) is 4.74. The molecule has 33 heavy (non-hydrogen) atoms. The number of carbonyl (C=O) groups excluding carboxylic acids is 1. The summed E-state index contributed by atoms with van der Waals surface area (Å²) in [4.78, 5) is 12.9. The van der Waals surface area contributed by atoms with Crippen LogP contribution in [-0.4, -0.2) is 40.5 Å². The minimum absolute atomic E-state index is 0.0262. The summed E-state index contributed by atoms with van der Waals surface area (Å²) in [5.41, 5.74) is 4.64. The first-order valence-electron chi connectivity index (χ1n) is 10.4. The number of carbonyl (C=O) groups is 1. The van der Waals surface area contributed by atoms with E-state index in [0.717, 1.165) is 23.5 Å². The molecule has 0 spiro atoms. The molecule has 0 fully saturated rings. The minimum Gasteiger partial charge on any atom is -0.493 e. The summed E-state index contributed by atoms with van der Waals surface area (Å²) < 4.78 is 18.5. The zero-order valence-electron chi connectivity index (χ0n) is 19.0. The van der Waals surface area contributed by atoms with Gasteiger partial charge in [-0.3, -0.25) is 4.79 Å². The molecule has 0 saturated heterocycles. The van der Waals surface area contributed by atoms with Gasteiger partial charge in [-0.1, -0.05) is 42.1 Å². The Morgan fingerprint density at radius 1 is 1.00 bits per heavy atom. The number of aryl methyl sites for hydroxylation is 1. The van der Waals surface area contributed by atoms with Crippen LogP contribution in [0.1, 0.15) is 27.3 Å². The van der Waals surface area contributed by atoms with Crippen LogP contribution in [0.2, 0.25) is 0 Å². The van der Waals surface area contributed by atoms with Crippen molar-refractivity contribution in [2.75, 3.05) is 20.0 Å². The molecule has 2 aromatic carbocycles. The Hall–Kier alpha value is -3.52. The Labute approximate surface area is 196 Å². The fourth-order valence-corrected chi connectivity index (χ4v) is 4.30. The van der Waals surface area contributed by atoms with Crippen LogP contribution in [-0.2, 0) is 6.54 Å². The third kappa shape index (κ3) is 4.96. The first kappa shape index (κ1) is 22.7. The normalized spacial score (nSPS) is 10.9. The smallest absolute Gasteiger partial charge is 0.277 e. The van der Waals surface area contributed by atoms with E-state index in [1.54, 1.807) is 26.4 Å². The third-order valence-corrected chi connectivity index (χ3v) is 6.24. The van der Waals surface area contributed by atoms with Crippen molar-refractivity contribution >= 4 is 17.5 Å². The van der Waals surface area contributed by atoms with Crippen LogP contribution in [0, 0.1) is 13.8 Å². The average molecular weight is 464 g/mol. The summed E-state index contributed by atoms with van der Waals surface area (Å²) >= 11 is 1.23. The minimum atomic E-state index is 0.0262. The van der Waals surface area contributed by atoms with Gasteiger partial charge in [-0.15, -0.1) is 10.2 Å². The molecule has 2 heterocycles. The van der Waals surface area contributed by atoms with Crippen LogP contribution in [0.5, 0.6) is 11.5 Å². The number of ether oxygens (including phenoxy) is 2. The predicted octanol–water partition coefficient (Wildman–Crippen LogP) is 5.20. The SMILES string of the molecule is COc1ccc(-c2nnc(SCC(=O)c3cc(C)n(Cc4ccccc4)c3C)o2)cc1OC. The van der Waals surface area contributed by atoms with Gasteiger partial charge < -0.3 is 18.5 Å². The number of benzene rings is 2. The third-order valence-electron chi connectivity index (χ3n) is 5.42. The molecule has 0 amide bonds. The summed E-state index contributed by atoms with van der Waals surface area (Å²) in [7, 11) is 3.15. The molecule has 0 bridgehead atoms. The highest BCUT2D eigenvalue weighted by atomic mass is 32.2. The maximum Gasteiger partial charge on any atom is 0.277 e. The molecule has 0 radical (unpaired) electrons. The molecule has 0 aliphatic carbocycles. The standard InChI is InChI=1S/C25H25N3O4S/c1-16-12-20(17(2)28(16)14-18-8-6-5-7-9-18)21(29)15-33-25-27-26-24(32-25)19-10-11-22(30-3)23(13-19)31-4/h5-13H,14-15H2,1-4H3. The lowest BCUT2D eigenvalue weighted by atomic mass is 10.2. The second kappa shape index (κ2) is 9.95. The van der Waals surface area contributed by atoms with Crippen molar-refractivity contribution < 1.29 is 18.7 Å². The van der Waals surface area contributed by atoms with Gasteiger partial charge in [-0.25, -0.2) is 0 Å². The van der Waals surface area contributed by atoms with Gasteiger partial charge in [0.15, 0.2) is 17.3 Å². The van der Waals surface area contributed by atoms with Crippen LogP contribution in [0.4, 0.5) is 0 Å². The quantitative estimate of drug-likeness (QED) is 0.249. The number of rotatable bonds is 9. The molecule has 170 valence electrons. The van der Waals surface area contributed by atoms with E-state index in [-0.39, 0.29) is 11.5 Å². The summed E-state index contributed by atoms with van der Waals surface area (Å²) in [5, 5.41) is 8.51. The van der Waals surface area contributed by atoms with Crippen molar-refractivity contribution in [3.63, 3.8) is 0 Å². The van der Waals surface area contributed by atoms with E-state index >= 15 is 0 Å². The second-order valence-electron chi connectivity index (χ2n) is 7.51. The molecule has 0 unspecified atom stereocenters. The van der Waals surface area contributed by atoms with Gasteiger partial charge in [0.2, 0.25) is 5.89 Å². The summed E-state index contributed by atoms with van der Waals surface area (Å²) in [5.74, 6) is 1.78. The van der Waals surface area contributed by atoms with Crippen LogP contribution in [0.3, 0.4) is 0 Å². The molecule has 2 aromatic heterocycles. The maximum atomic E-state index is 12.9. The van der Waals surface area contributed by atoms with Crippen molar-refractivity contribution in [3.8, 4) is 23.0 Å². The van der Waals surface area contributed by atoms with Gasteiger partial charge in [0.1, 0.15) is 0 Å². The topological polar surface area (TPSA) is 79.4 Å². The largest absolute Gasteiger partial charge is 0.493 e. The fourth-order valence-electron chi connectivity index (χ4n) is 3.65. The highest BCUT2D eigenvalue weighted by Gasteiger charge is 2.18. The Morgan fingerprint density at radius 3 is 2.48 bits per heavy atom. The molecule has 4 rings (SSSR count). The monoisotopic (exact) mass is 463 g/mol. The predicted molar refractivity (Wildman–Crippen MR) is 127 cm³/mol. The average Bonchev–Trinajstić information content (AvgIpc) is 3.43. The van der Waals surface area contributed by atoms with Crippen molar-refractivity contribution in [1.82, 2.24) is 14.8 Å². The summed E-state index contributed by atoms with van der Waals surface area (Å²) in [6, 6.07) is 17.5. The molecule has 7 nitrogen and oxygen atoms in total. The lowest BCUT2D eigenvalue weighted by Crippen LogP contribution is -2.07.